The summed E-state index contributed by atoms with van der Waals surface area (Å²) in [6, 6.07) is -0.0171. The lowest BCUT2D eigenvalue weighted by Gasteiger charge is -2.30. The molecule has 0 spiro atoms. The van der Waals surface area contributed by atoms with Gasteiger partial charge in [0.1, 0.15) is 10.9 Å². The fraction of sp³-hybridized carbons (Fsp3) is 0.923. The van der Waals surface area contributed by atoms with Crippen LogP contribution in [0.15, 0.2) is 0 Å². The van der Waals surface area contributed by atoms with Crippen molar-refractivity contribution in [3.63, 3.8) is 0 Å². The highest BCUT2D eigenvalue weighted by molar-refractivity contribution is 7.90. The van der Waals surface area contributed by atoms with Crippen molar-refractivity contribution < 1.29 is 14.1 Å². The summed E-state index contributed by atoms with van der Waals surface area (Å²) in [5, 5.41) is 0. The minimum absolute atomic E-state index is 0.0171. The molecule has 0 aromatic heterocycles. The average molecular weight is 275 g/mol. The molecule has 1 heterocycles. The average Bonchev–Trinajstić information content (AvgIpc) is 2.61. The maximum Gasteiger partial charge on any atom is 0.306 e. The smallest absolute Gasteiger partial charge is 0.306 e. The summed E-state index contributed by atoms with van der Waals surface area (Å²) < 4.78 is 20.3. The normalized spacial score (nSPS) is 24.2. The zero-order valence-electron chi connectivity index (χ0n) is 12.0. The summed E-state index contributed by atoms with van der Waals surface area (Å²) in [6.07, 6.45) is 1.93. The van der Waals surface area contributed by atoms with Crippen LogP contribution in [0.25, 0.3) is 0 Å². The molecule has 1 saturated heterocycles. The van der Waals surface area contributed by atoms with Crippen molar-refractivity contribution in [1.82, 2.24) is 4.72 Å². The zero-order valence-corrected chi connectivity index (χ0v) is 12.8. The van der Waals surface area contributed by atoms with Crippen LogP contribution < -0.4 is 4.72 Å². The van der Waals surface area contributed by atoms with Gasteiger partial charge in [-0.05, 0) is 39.5 Å². The van der Waals surface area contributed by atoms with Gasteiger partial charge in [0.05, 0.1) is 6.04 Å². The number of hydrogen-bond donors (Lipinski definition) is 1. The monoisotopic (exact) mass is 275 g/mol. The van der Waals surface area contributed by atoms with Crippen molar-refractivity contribution in [2.75, 3.05) is 0 Å². The van der Waals surface area contributed by atoms with E-state index in [0.29, 0.717) is 12.3 Å². The van der Waals surface area contributed by atoms with E-state index in [9.17, 15) is 9.35 Å². The van der Waals surface area contributed by atoms with Crippen molar-refractivity contribution in [2.45, 2.75) is 70.8 Å². The van der Waals surface area contributed by atoms with Crippen molar-refractivity contribution in [3.8, 4) is 0 Å². The zero-order chi connectivity index (χ0) is 13.9. The van der Waals surface area contributed by atoms with Gasteiger partial charge in [-0.1, -0.05) is 13.8 Å². The number of ether oxygens (including phenoxy) is 1. The lowest BCUT2D eigenvalue weighted by atomic mass is 9.98. The third-order valence-electron chi connectivity index (χ3n) is 2.90. The second kappa shape index (κ2) is 6.26. The van der Waals surface area contributed by atoms with Crippen LogP contribution in [0.4, 0.5) is 0 Å². The van der Waals surface area contributed by atoms with Crippen LogP contribution in [0.1, 0.15) is 53.9 Å². The first-order chi connectivity index (χ1) is 8.20. The molecule has 0 aliphatic carbocycles. The number of esters is 1. The molecule has 0 bridgehead atoms. The Morgan fingerprint density at radius 1 is 1.50 bits per heavy atom. The van der Waals surface area contributed by atoms with E-state index in [4.69, 9.17) is 4.74 Å². The third kappa shape index (κ3) is 4.78. The first-order valence-corrected chi connectivity index (χ1v) is 7.72. The van der Waals surface area contributed by atoms with Gasteiger partial charge >= 0.3 is 5.97 Å². The molecule has 1 aliphatic heterocycles. The Bertz CT molecular complexity index is 288. The van der Waals surface area contributed by atoms with Gasteiger partial charge in [-0.3, -0.25) is 4.79 Å². The Morgan fingerprint density at radius 3 is 2.50 bits per heavy atom. The molecule has 0 saturated carbocycles. The highest BCUT2D eigenvalue weighted by Gasteiger charge is 2.37. The van der Waals surface area contributed by atoms with E-state index in [-0.39, 0.29) is 22.9 Å². The number of hydrogen-bond acceptors (Lipinski definition) is 4. The van der Waals surface area contributed by atoms with Crippen molar-refractivity contribution in [2.24, 2.45) is 5.92 Å². The maximum absolute atomic E-state index is 12.2. The lowest BCUT2D eigenvalue weighted by Crippen LogP contribution is -2.49. The molecular formula is C13H25NO3S. The molecule has 1 aliphatic rings. The van der Waals surface area contributed by atoms with Crippen LogP contribution in [0.5, 0.6) is 0 Å². The minimum atomic E-state index is -1.13. The molecule has 0 amide bonds. The van der Waals surface area contributed by atoms with Crippen molar-refractivity contribution >= 4 is 17.3 Å². The highest BCUT2D eigenvalue weighted by atomic mass is 32.2. The largest absolute Gasteiger partial charge is 0.598 e. The molecule has 106 valence electrons. The molecule has 0 radical (unpaired) electrons. The number of cyclic esters (lactones) is 1. The Balaban J connectivity index is 2.64. The molecule has 2 unspecified atom stereocenters. The minimum Gasteiger partial charge on any atom is -0.598 e. The van der Waals surface area contributed by atoms with Crippen LogP contribution in [0.3, 0.4) is 0 Å². The molecule has 1 rings (SSSR count). The lowest BCUT2D eigenvalue weighted by molar-refractivity contribution is -0.142. The third-order valence-corrected chi connectivity index (χ3v) is 4.53. The van der Waals surface area contributed by atoms with Gasteiger partial charge in [0.25, 0.3) is 0 Å². The van der Waals surface area contributed by atoms with E-state index in [2.05, 4.69) is 18.6 Å². The predicted octanol–water partition coefficient (Wildman–Crippen LogP) is 2.16. The maximum atomic E-state index is 12.2. The molecule has 0 aromatic carbocycles. The molecular weight excluding hydrogens is 250 g/mol. The molecule has 4 nitrogen and oxygen atoms in total. The van der Waals surface area contributed by atoms with Gasteiger partial charge in [0, 0.05) is 17.8 Å². The van der Waals surface area contributed by atoms with E-state index >= 15 is 0 Å². The van der Waals surface area contributed by atoms with Crippen LogP contribution in [0.2, 0.25) is 0 Å². The van der Waals surface area contributed by atoms with E-state index < -0.39 is 11.4 Å². The van der Waals surface area contributed by atoms with Gasteiger partial charge in [0.2, 0.25) is 0 Å². The summed E-state index contributed by atoms with van der Waals surface area (Å²) in [5.74, 6) is 0.330. The van der Waals surface area contributed by atoms with E-state index in [1.807, 2.05) is 20.8 Å². The van der Waals surface area contributed by atoms with Gasteiger partial charge in [-0.2, -0.15) is 0 Å². The Morgan fingerprint density at radius 2 is 2.11 bits per heavy atom. The molecule has 18 heavy (non-hydrogen) atoms. The summed E-state index contributed by atoms with van der Waals surface area (Å²) in [4.78, 5) is 11.2. The van der Waals surface area contributed by atoms with Crippen molar-refractivity contribution in [1.29, 1.82) is 0 Å². The Hall–Kier alpha value is -0.260. The first-order valence-electron chi connectivity index (χ1n) is 6.57. The molecule has 3 atom stereocenters. The Labute approximate surface area is 113 Å². The van der Waals surface area contributed by atoms with Crippen LogP contribution in [-0.4, -0.2) is 27.4 Å². The fourth-order valence-electron chi connectivity index (χ4n) is 1.93. The van der Waals surface area contributed by atoms with E-state index in [0.717, 1.165) is 12.8 Å². The van der Waals surface area contributed by atoms with Gasteiger partial charge in [-0.25, -0.2) is 0 Å². The topological polar surface area (TPSA) is 61.4 Å². The number of nitrogens with one attached hydrogen (secondary N) is 1. The number of carbonyl (C=O) groups is 1. The number of rotatable bonds is 5. The second-order valence-corrected chi connectivity index (χ2v) is 8.30. The quantitative estimate of drug-likeness (QED) is 0.617. The number of carbonyl (C=O) groups excluding carboxylic acids is 1. The van der Waals surface area contributed by atoms with Crippen molar-refractivity contribution in [3.05, 3.63) is 0 Å². The van der Waals surface area contributed by atoms with E-state index in [1.165, 1.54) is 0 Å². The van der Waals surface area contributed by atoms with Crippen LogP contribution >= 0.6 is 0 Å². The fourth-order valence-corrected chi connectivity index (χ4v) is 2.80. The van der Waals surface area contributed by atoms with Crippen LogP contribution in [-0.2, 0) is 20.9 Å². The predicted molar refractivity (Wildman–Crippen MR) is 73.4 cm³/mol. The van der Waals surface area contributed by atoms with Crippen LogP contribution in [0, 0.1) is 5.92 Å². The Kier molecular flexibility index (Phi) is 5.49. The highest BCUT2D eigenvalue weighted by Crippen LogP contribution is 2.24. The van der Waals surface area contributed by atoms with Gasteiger partial charge in [-0.15, -0.1) is 4.72 Å². The molecule has 1 N–H and O–H groups in total. The summed E-state index contributed by atoms with van der Waals surface area (Å²) in [6.45, 7) is 10.0. The first kappa shape index (κ1) is 15.8. The molecule has 0 aromatic rings. The van der Waals surface area contributed by atoms with E-state index in [1.54, 1.807) is 0 Å². The summed E-state index contributed by atoms with van der Waals surface area (Å²) in [5.41, 5.74) is 0. The second-order valence-electron chi connectivity index (χ2n) is 6.30. The summed E-state index contributed by atoms with van der Waals surface area (Å²) >= 11 is -1.13. The van der Waals surface area contributed by atoms with Gasteiger partial charge in [0.15, 0.2) is 0 Å². The standard InChI is InChI=1S/C13H25NO3S/c1-9(2)8-10(11-6-7-12(15)17-11)14-18(16)13(3,4)5/h9-11,14H,6-8H2,1-5H3/t10?,11-,18?/m0/s1. The van der Waals surface area contributed by atoms with Gasteiger partial charge < -0.3 is 9.29 Å². The SMILES string of the molecule is CC(C)CC(N[S+]([O-])C(C)(C)C)[C@@H]1CCC(=O)O1. The molecule has 1 fully saturated rings. The molecule has 5 heteroatoms. The summed E-state index contributed by atoms with van der Waals surface area (Å²) in [7, 11) is 0.